The molecule has 0 aromatic heterocycles. The molecular weight excluding hydrogens is 354 g/mol. The summed E-state index contributed by atoms with van der Waals surface area (Å²) in [6, 6.07) is 14.0. The predicted octanol–water partition coefficient (Wildman–Crippen LogP) is 4.52. The van der Waals surface area contributed by atoms with E-state index in [1.165, 1.54) is 4.90 Å². The number of ether oxygens (including phenoxy) is 1. The van der Waals surface area contributed by atoms with Crippen molar-refractivity contribution in [2.75, 3.05) is 12.0 Å². The fourth-order valence-corrected chi connectivity index (χ4v) is 3.44. The molecule has 5 heteroatoms. The molecule has 5 nitrogen and oxygen atoms in total. The van der Waals surface area contributed by atoms with Crippen LogP contribution in [0.3, 0.4) is 0 Å². The zero-order valence-corrected chi connectivity index (χ0v) is 16.6. The molecule has 1 aliphatic heterocycles. The Labute approximate surface area is 165 Å². The Bertz CT molecular complexity index is 911. The lowest BCUT2D eigenvalue weighted by Gasteiger charge is -2.27. The number of amides is 1. The summed E-state index contributed by atoms with van der Waals surface area (Å²) in [6.45, 7) is 5.84. The number of Topliss-reactive ketones (excluding diaryl/α,β-unsaturated/α-hetero) is 1. The van der Waals surface area contributed by atoms with Gasteiger partial charge in [0.1, 0.15) is 5.75 Å². The summed E-state index contributed by atoms with van der Waals surface area (Å²) in [7, 11) is 1.58. The summed E-state index contributed by atoms with van der Waals surface area (Å²) in [5, 5.41) is 10.6. The number of ketones is 1. The molecule has 1 amide bonds. The van der Waals surface area contributed by atoms with Crippen molar-refractivity contribution in [3.63, 3.8) is 0 Å². The van der Waals surface area contributed by atoms with Gasteiger partial charge in [0.05, 0.1) is 18.7 Å². The van der Waals surface area contributed by atoms with E-state index in [0.29, 0.717) is 11.4 Å². The van der Waals surface area contributed by atoms with Gasteiger partial charge in [-0.1, -0.05) is 43.7 Å². The second-order valence-corrected chi connectivity index (χ2v) is 7.47. The van der Waals surface area contributed by atoms with E-state index < -0.39 is 17.7 Å². The number of hydrogen-bond acceptors (Lipinski definition) is 4. The maximum atomic E-state index is 12.9. The number of carbonyl (C=O) groups is 2. The highest BCUT2D eigenvalue weighted by Crippen LogP contribution is 2.42. The van der Waals surface area contributed by atoms with E-state index in [9.17, 15) is 14.7 Å². The van der Waals surface area contributed by atoms with Crippen LogP contribution in [-0.4, -0.2) is 23.9 Å². The second kappa shape index (κ2) is 7.89. The minimum Gasteiger partial charge on any atom is -0.503 e. The lowest BCUT2D eigenvalue weighted by Crippen LogP contribution is -2.31. The van der Waals surface area contributed by atoms with Gasteiger partial charge < -0.3 is 9.84 Å². The van der Waals surface area contributed by atoms with Crippen LogP contribution in [0.4, 0.5) is 5.69 Å². The highest BCUT2D eigenvalue weighted by atomic mass is 16.5. The van der Waals surface area contributed by atoms with E-state index in [1.54, 1.807) is 19.2 Å². The average Bonchev–Trinajstić information content (AvgIpc) is 2.93. The summed E-state index contributed by atoms with van der Waals surface area (Å²) in [5.74, 6) is -0.439. The van der Waals surface area contributed by atoms with Crippen LogP contribution in [0.2, 0.25) is 0 Å². The van der Waals surface area contributed by atoms with Gasteiger partial charge in [0.15, 0.2) is 11.5 Å². The standard InChI is InChI=1S/C23H25NO4/c1-14(2)13-19(25)20-21(16-7-11-18(28-4)12-8-16)24(23(27)22(20)26)17-9-5-15(3)6-10-17/h5-12,14,21,26H,13H2,1-4H3. The van der Waals surface area contributed by atoms with E-state index in [4.69, 9.17) is 4.74 Å². The zero-order valence-electron chi connectivity index (χ0n) is 16.6. The first kappa shape index (κ1) is 19.7. The largest absolute Gasteiger partial charge is 0.503 e. The molecule has 0 saturated carbocycles. The highest BCUT2D eigenvalue weighted by molar-refractivity contribution is 6.16. The Hall–Kier alpha value is -3.08. The Kier molecular flexibility index (Phi) is 5.54. The quantitative estimate of drug-likeness (QED) is 0.801. The summed E-state index contributed by atoms with van der Waals surface area (Å²) in [5.41, 5.74) is 2.59. The van der Waals surface area contributed by atoms with Gasteiger partial charge in [0, 0.05) is 12.1 Å². The molecule has 3 rings (SSSR count). The summed E-state index contributed by atoms with van der Waals surface area (Å²) < 4.78 is 5.22. The Morgan fingerprint density at radius 2 is 1.71 bits per heavy atom. The molecule has 0 fully saturated rings. The predicted molar refractivity (Wildman–Crippen MR) is 109 cm³/mol. The van der Waals surface area contributed by atoms with E-state index in [0.717, 1.165) is 11.1 Å². The van der Waals surface area contributed by atoms with Gasteiger partial charge in [-0.2, -0.15) is 0 Å². The number of aryl methyl sites for hydroxylation is 1. The lowest BCUT2D eigenvalue weighted by atomic mass is 9.92. The molecule has 0 aliphatic carbocycles. The van der Waals surface area contributed by atoms with Crippen molar-refractivity contribution >= 4 is 17.4 Å². The molecule has 1 aliphatic rings. The van der Waals surface area contributed by atoms with Crippen LogP contribution in [0.15, 0.2) is 59.9 Å². The number of anilines is 1. The molecule has 2 aromatic rings. The summed E-state index contributed by atoms with van der Waals surface area (Å²) >= 11 is 0. The van der Waals surface area contributed by atoms with Crippen LogP contribution in [0.1, 0.15) is 37.4 Å². The Morgan fingerprint density at radius 3 is 2.25 bits per heavy atom. The maximum Gasteiger partial charge on any atom is 0.294 e. The first-order chi connectivity index (χ1) is 13.3. The average molecular weight is 379 g/mol. The number of nitrogens with zero attached hydrogens (tertiary/aromatic N) is 1. The maximum absolute atomic E-state index is 12.9. The first-order valence-corrected chi connectivity index (χ1v) is 9.34. The number of benzene rings is 2. The molecular formula is C23H25NO4. The van der Waals surface area contributed by atoms with Gasteiger partial charge in [-0.05, 0) is 42.7 Å². The monoisotopic (exact) mass is 379 g/mol. The van der Waals surface area contributed by atoms with Gasteiger partial charge >= 0.3 is 0 Å². The molecule has 0 saturated heterocycles. The summed E-state index contributed by atoms with van der Waals surface area (Å²) in [4.78, 5) is 27.4. The van der Waals surface area contributed by atoms with Crippen molar-refractivity contribution < 1.29 is 19.4 Å². The lowest BCUT2D eigenvalue weighted by molar-refractivity contribution is -0.118. The van der Waals surface area contributed by atoms with Crippen molar-refractivity contribution in [1.82, 2.24) is 0 Å². The molecule has 0 bridgehead atoms. The molecule has 2 aromatic carbocycles. The van der Waals surface area contributed by atoms with Gasteiger partial charge in [-0.15, -0.1) is 0 Å². The molecule has 1 unspecified atom stereocenters. The Balaban J connectivity index is 2.12. The number of methoxy groups -OCH3 is 1. The molecule has 1 N–H and O–H groups in total. The smallest absolute Gasteiger partial charge is 0.294 e. The van der Waals surface area contributed by atoms with Crippen LogP contribution >= 0.6 is 0 Å². The number of aliphatic hydroxyl groups excluding tert-OH is 1. The normalized spacial score (nSPS) is 16.8. The highest BCUT2D eigenvalue weighted by Gasteiger charge is 2.44. The van der Waals surface area contributed by atoms with Crippen LogP contribution in [-0.2, 0) is 9.59 Å². The number of carbonyl (C=O) groups excluding carboxylic acids is 2. The fraction of sp³-hybridized carbons (Fsp3) is 0.304. The van der Waals surface area contributed by atoms with Crippen LogP contribution in [0.25, 0.3) is 0 Å². The van der Waals surface area contributed by atoms with Crippen molar-refractivity contribution in [3.05, 3.63) is 71.0 Å². The van der Waals surface area contributed by atoms with Gasteiger partial charge in [-0.25, -0.2) is 0 Å². The molecule has 0 spiro atoms. The van der Waals surface area contributed by atoms with Gasteiger partial charge in [0.2, 0.25) is 0 Å². The van der Waals surface area contributed by atoms with Crippen LogP contribution in [0, 0.1) is 12.8 Å². The van der Waals surface area contributed by atoms with Gasteiger partial charge in [-0.3, -0.25) is 14.5 Å². The van der Waals surface area contributed by atoms with Crippen molar-refractivity contribution in [1.29, 1.82) is 0 Å². The fourth-order valence-electron chi connectivity index (χ4n) is 3.44. The third-order valence-corrected chi connectivity index (χ3v) is 4.85. The van der Waals surface area contributed by atoms with Crippen molar-refractivity contribution in [3.8, 4) is 5.75 Å². The SMILES string of the molecule is COc1ccc(C2C(C(=O)CC(C)C)=C(O)C(=O)N2c2ccc(C)cc2)cc1. The van der Waals surface area contributed by atoms with Crippen LogP contribution < -0.4 is 9.64 Å². The molecule has 146 valence electrons. The second-order valence-electron chi connectivity index (χ2n) is 7.47. The number of aliphatic hydroxyl groups is 1. The minimum atomic E-state index is -0.674. The van der Waals surface area contributed by atoms with Crippen LogP contribution in [0.5, 0.6) is 5.75 Å². The minimum absolute atomic E-state index is 0.118. The third-order valence-electron chi connectivity index (χ3n) is 4.85. The Morgan fingerprint density at radius 1 is 1.11 bits per heavy atom. The first-order valence-electron chi connectivity index (χ1n) is 9.34. The van der Waals surface area contributed by atoms with E-state index in [2.05, 4.69) is 0 Å². The van der Waals surface area contributed by atoms with E-state index in [1.807, 2.05) is 57.2 Å². The third kappa shape index (κ3) is 3.65. The summed E-state index contributed by atoms with van der Waals surface area (Å²) in [6.07, 6.45) is 0.265. The molecule has 0 radical (unpaired) electrons. The van der Waals surface area contributed by atoms with Gasteiger partial charge in [0.25, 0.3) is 5.91 Å². The molecule has 1 heterocycles. The van der Waals surface area contributed by atoms with Crippen molar-refractivity contribution in [2.24, 2.45) is 5.92 Å². The van der Waals surface area contributed by atoms with Crippen molar-refractivity contribution in [2.45, 2.75) is 33.2 Å². The number of rotatable bonds is 6. The van der Waals surface area contributed by atoms with E-state index >= 15 is 0 Å². The topological polar surface area (TPSA) is 66.8 Å². The molecule has 28 heavy (non-hydrogen) atoms. The van der Waals surface area contributed by atoms with E-state index in [-0.39, 0.29) is 23.7 Å². The number of hydrogen-bond donors (Lipinski definition) is 1. The molecule has 1 atom stereocenters. The zero-order chi connectivity index (χ0) is 20.4.